The van der Waals surface area contributed by atoms with Crippen LogP contribution in [0.1, 0.15) is 24.2 Å². The van der Waals surface area contributed by atoms with Gasteiger partial charge in [-0.1, -0.05) is 17.7 Å². The summed E-state index contributed by atoms with van der Waals surface area (Å²) in [5.74, 6) is 0.393. The molecular formula is C21H23ClN4O4S. The molecule has 0 saturated carbocycles. The number of para-hydroxylation sites is 1. The van der Waals surface area contributed by atoms with Crippen molar-refractivity contribution in [1.29, 1.82) is 0 Å². The quantitative estimate of drug-likeness (QED) is 0.410. The van der Waals surface area contributed by atoms with Crippen LogP contribution >= 0.6 is 23.8 Å². The number of rotatable bonds is 5. The number of hydrogen-bond donors (Lipinski definition) is 1. The van der Waals surface area contributed by atoms with E-state index < -0.39 is 4.92 Å². The number of benzene rings is 2. The number of piperazine rings is 1. The molecule has 164 valence electrons. The van der Waals surface area contributed by atoms with Crippen LogP contribution in [0.15, 0.2) is 42.5 Å². The third kappa shape index (κ3) is 5.62. The Labute approximate surface area is 190 Å². The van der Waals surface area contributed by atoms with Gasteiger partial charge in [0, 0.05) is 37.8 Å². The number of anilines is 1. The molecule has 0 aliphatic carbocycles. The van der Waals surface area contributed by atoms with Crippen LogP contribution in [-0.4, -0.2) is 53.1 Å². The van der Waals surface area contributed by atoms with Crippen LogP contribution in [0.4, 0.5) is 11.4 Å². The van der Waals surface area contributed by atoms with Crippen molar-refractivity contribution in [3.8, 4) is 5.75 Å². The maximum Gasteiger partial charge on any atom is 0.294 e. The summed E-state index contributed by atoms with van der Waals surface area (Å²) < 4.78 is 5.58. The summed E-state index contributed by atoms with van der Waals surface area (Å²) in [6, 6.07) is 11.5. The van der Waals surface area contributed by atoms with E-state index in [4.69, 9.17) is 28.6 Å². The number of thiocarbonyl (C=S) groups is 1. The van der Waals surface area contributed by atoms with Crippen molar-refractivity contribution in [2.45, 2.75) is 20.0 Å². The molecule has 0 radical (unpaired) electrons. The fraction of sp³-hybridized carbons (Fsp3) is 0.333. The summed E-state index contributed by atoms with van der Waals surface area (Å²) in [4.78, 5) is 27.2. The molecule has 0 spiro atoms. The molecular weight excluding hydrogens is 440 g/mol. The van der Waals surface area contributed by atoms with E-state index in [1.165, 1.54) is 6.07 Å². The van der Waals surface area contributed by atoms with Gasteiger partial charge in [-0.05, 0) is 56.4 Å². The van der Waals surface area contributed by atoms with E-state index in [-0.39, 0.29) is 17.7 Å². The largest absolute Gasteiger partial charge is 0.491 e. The molecule has 0 atom stereocenters. The van der Waals surface area contributed by atoms with Gasteiger partial charge in [-0.3, -0.25) is 20.2 Å². The summed E-state index contributed by atoms with van der Waals surface area (Å²) >= 11 is 11.6. The normalized spacial score (nSPS) is 13.8. The lowest BCUT2D eigenvalue weighted by molar-refractivity contribution is -0.384. The monoisotopic (exact) mass is 462 g/mol. The van der Waals surface area contributed by atoms with Crippen LogP contribution in [0.5, 0.6) is 5.75 Å². The molecule has 0 unspecified atom stereocenters. The zero-order valence-corrected chi connectivity index (χ0v) is 18.8. The first-order chi connectivity index (χ1) is 14.8. The predicted molar refractivity (Wildman–Crippen MR) is 124 cm³/mol. The van der Waals surface area contributed by atoms with E-state index in [0.29, 0.717) is 53.3 Å². The van der Waals surface area contributed by atoms with Crippen molar-refractivity contribution >= 4 is 46.2 Å². The molecule has 8 nitrogen and oxygen atoms in total. The Morgan fingerprint density at radius 3 is 2.39 bits per heavy atom. The molecule has 1 saturated heterocycles. The zero-order chi connectivity index (χ0) is 22.5. The van der Waals surface area contributed by atoms with Crippen LogP contribution in [0.2, 0.25) is 5.02 Å². The minimum atomic E-state index is -0.435. The second-order valence-electron chi connectivity index (χ2n) is 7.29. The molecule has 1 aliphatic heterocycles. The molecule has 0 aromatic heterocycles. The van der Waals surface area contributed by atoms with Crippen molar-refractivity contribution in [2.24, 2.45) is 0 Å². The number of nitrogens with zero attached hydrogens (tertiary/aromatic N) is 3. The third-order valence-electron chi connectivity index (χ3n) is 4.75. The molecule has 1 fully saturated rings. The van der Waals surface area contributed by atoms with E-state index in [9.17, 15) is 14.9 Å². The molecule has 31 heavy (non-hydrogen) atoms. The number of nitro groups is 1. The highest BCUT2D eigenvalue weighted by molar-refractivity contribution is 7.80. The first-order valence-electron chi connectivity index (χ1n) is 9.81. The maximum atomic E-state index is 12.5. The predicted octanol–water partition coefficient (Wildman–Crippen LogP) is 3.87. The number of halogens is 1. The number of carbonyl (C=O) groups excluding carboxylic acids is 1. The Balaban J connectivity index is 1.58. The highest BCUT2D eigenvalue weighted by Crippen LogP contribution is 2.35. The molecule has 1 amide bonds. The maximum absolute atomic E-state index is 12.5. The lowest BCUT2D eigenvalue weighted by Crippen LogP contribution is -2.52. The van der Waals surface area contributed by atoms with Gasteiger partial charge in [-0.2, -0.15) is 0 Å². The molecule has 3 rings (SSSR count). The number of hydrogen-bond acceptors (Lipinski definition) is 6. The highest BCUT2D eigenvalue weighted by Gasteiger charge is 2.27. The molecule has 1 aliphatic rings. The van der Waals surface area contributed by atoms with Gasteiger partial charge in [0.1, 0.15) is 11.4 Å². The van der Waals surface area contributed by atoms with E-state index >= 15 is 0 Å². The summed E-state index contributed by atoms with van der Waals surface area (Å²) in [7, 11) is 0. The van der Waals surface area contributed by atoms with Crippen molar-refractivity contribution in [1.82, 2.24) is 10.2 Å². The molecule has 2 aromatic rings. The Kier molecular flexibility index (Phi) is 7.29. The van der Waals surface area contributed by atoms with Crippen LogP contribution in [0.25, 0.3) is 0 Å². The highest BCUT2D eigenvalue weighted by atomic mass is 35.5. The van der Waals surface area contributed by atoms with Gasteiger partial charge in [0.2, 0.25) is 0 Å². The Morgan fingerprint density at radius 2 is 1.81 bits per heavy atom. The first-order valence-corrected chi connectivity index (χ1v) is 10.6. The number of carbonyl (C=O) groups is 1. The molecule has 1 heterocycles. The second-order valence-corrected chi connectivity index (χ2v) is 8.08. The molecule has 2 aromatic carbocycles. The van der Waals surface area contributed by atoms with Crippen LogP contribution in [0.3, 0.4) is 0 Å². The third-order valence-corrected chi connectivity index (χ3v) is 5.42. The minimum Gasteiger partial charge on any atom is -0.491 e. The fourth-order valence-corrected chi connectivity index (χ4v) is 3.87. The van der Waals surface area contributed by atoms with Gasteiger partial charge in [0.15, 0.2) is 5.11 Å². The summed E-state index contributed by atoms with van der Waals surface area (Å²) in [5, 5.41) is 14.8. The van der Waals surface area contributed by atoms with E-state index in [0.717, 1.165) is 0 Å². The van der Waals surface area contributed by atoms with Crippen molar-refractivity contribution in [3.63, 3.8) is 0 Å². The van der Waals surface area contributed by atoms with Crippen LogP contribution < -0.4 is 15.0 Å². The lowest BCUT2D eigenvalue weighted by Gasteiger charge is -2.37. The molecule has 0 bridgehead atoms. The topological polar surface area (TPSA) is 88.0 Å². The Morgan fingerprint density at radius 1 is 1.16 bits per heavy atom. The summed E-state index contributed by atoms with van der Waals surface area (Å²) in [6.45, 7) is 5.85. The Hall–Kier alpha value is -2.91. The number of ether oxygens (including phenoxy) is 1. The zero-order valence-electron chi connectivity index (χ0n) is 17.2. The summed E-state index contributed by atoms with van der Waals surface area (Å²) in [6.07, 6.45) is 0.0538. The van der Waals surface area contributed by atoms with E-state index in [1.807, 2.05) is 23.6 Å². The average molecular weight is 463 g/mol. The second kappa shape index (κ2) is 9.93. The van der Waals surface area contributed by atoms with Gasteiger partial charge in [-0.15, -0.1) is 0 Å². The van der Waals surface area contributed by atoms with Crippen LogP contribution in [0, 0.1) is 10.1 Å². The number of amides is 1. The Bertz CT molecular complexity index is 976. The first kappa shape index (κ1) is 22.8. The fourth-order valence-electron chi connectivity index (χ4n) is 3.30. The van der Waals surface area contributed by atoms with Gasteiger partial charge in [0.05, 0.1) is 16.0 Å². The van der Waals surface area contributed by atoms with Gasteiger partial charge >= 0.3 is 0 Å². The molecule has 1 N–H and O–H groups in total. The standard InChI is InChI=1S/C21H23ClN4O4S/c1-14(2)30-16-8-6-15(7-9-16)20(27)23-21(31)25-12-10-24(11-13-25)19-17(22)4-3-5-18(19)26(28)29/h3-9,14H,10-13H2,1-2H3,(H,23,27,31). The van der Waals surface area contributed by atoms with Gasteiger partial charge in [-0.25, -0.2) is 0 Å². The van der Waals surface area contributed by atoms with E-state index in [1.54, 1.807) is 36.4 Å². The average Bonchev–Trinajstić information content (AvgIpc) is 2.73. The number of nitro benzene ring substituents is 1. The SMILES string of the molecule is CC(C)Oc1ccc(C(=O)NC(=S)N2CCN(c3c(Cl)cccc3[N+](=O)[O-])CC2)cc1. The summed E-state index contributed by atoms with van der Waals surface area (Å²) in [5.41, 5.74) is 0.859. The van der Waals surface area contributed by atoms with E-state index in [2.05, 4.69) is 5.32 Å². The van der Waals surface area contributed by atoms with Gasteiger partial charge in [0.25, 0.3) is 11.6 Å². The van der Waals surface area contributed by atoms with Crippen LogP contribution in [-0.2, 0) is 0 Å². The number of nitrogens with one attached hydrogen (secondary N) is 1. The smallest absolute Gasteiger partial charge is 0.294 e. The minimum absolute atomic E-state index is 0.0262. The van der Waals surface area contributed by atoms with Crippen molar-refractivity contribution in [2.75, 3.05) is 31.1 Å². The van der Waals surface area contributed by atoms with Crippen molar-refractivity contribution in [3.05, 3.63) is 63.2 Å². The van der Waals surface area contributed by atoms with Crippen molar-refractivity contribution < 1.29 is 14.5 Å². The lowest BCUT2D eigenvalue weighted by atomic mass is 10.2. The van der Waals surface area contributed by atoms with Gasteiger partial charge < -0.3 is 14.5 Å². The molecule has 10 heteroatoms.